The van der Waals surface area contributed by atoms with E-state index in [0.717, 1.165) is 32.4 Å². The normalized spacial score (nSPS) is 39.4. The fourth-order valence-electron chi connectivity index (χ4n) is 4.84. The number of hydrogen-bond donors (Lipinski definition) is 1. The molecular formula is C16H28N2O2. The van der Waals surface area contributed by atoms with E-state index < -0.39 is 5.54 Å². The number of likely N-dealkylation sites (N-methyl/N-ethyl adjacent to an activating group) is 1. The maximum Gasteiger partial charge on any atom is 0.243 e. The van der Waals surface area contributed by atoms with Crippen LogP contribution in [0.1, 0.15) is 52.9 Å². The Kier molecular flexibility index (Phi) is 3.37. The van der Waals surface area contributed by atoms with Crippen molar-refractivity contribution in [1.29, 1.82) is 0 Å². The Bertz CT molecular complexity index is 403. The Morgan fingerprint density at radius 1 is 1.30 bits per heavy atom. The van der Waals surface area contributed by atoms with Crippen LogP contribution in [0.4, 0.5) is 0 Å². The summed E-state index contributed by atoms with van der Waals surface area (Å²) < 4.78 is 5.80. The Hall–Kier alpha value is -0.610. The average molecular weight is 280 g/mol. The van der Waals surface area contributed by atoms with Crippen LogP contribution < -0.4 is 5.73 Å². The third-order valence-corrected chi connectivity index (χ3v) is 6.17. The van der Waals surface area contributed by atoms with E-state index in [0.29, 0.717) is 6.04 Å². The number of amides is 1. The number of fused-ring (bicyclic) bond motifs is 1. The number of rotatable bonds is 3. The predicted molar refractivity (Wildman–Crippen MR) is 78.2 cm³/mol. The summed E-state index contributed by atoms with van der Waals surface area (Å²) >= 11 is 0. The second kappa shape index (κ2) is 4.70. The first-order valence-electron chi connectivity index (χ1n) is 8.16. The van der Waals surface area contributed by atoms with Crippen LogP contribution in [0.2, 0.25) is 0 Å². The van der Waals surface area contributed by atoms with E-state index in [9.17, 15) is 4.79 Å². The van der Waals surface area contributed by atoms with E-state index in [2.05, 4.69) is 25.7 Å². The Balaban J connectivity index is 1.84. The third kappa shape index (κ3) is 1.64. The molecule has 1 amide bonds. The number of nitrogens with two attached hydrogens (primary N) is 1. The van der Waals surface area contributed by atoms with Gasteiger partial charge in [0.1, 0.15) is 5.54 Å². The zero-order valence-corrected chi connectivity index (χ0v) is 13.0. The predicted octanol–water partition coefficient (Wildman–Crippen LogP) is 1.92. The summed E-state index contributed by atoms with van der Waals surface area (Å²) in [4.78, 5) is 15.2. The van der Waals surface area contributed by atoms with Gasteiger partial charge >= 0.3 is 0 Å². The molecule has 1 saturated heterocycles. The van der Waals surface area contributed by atoms with Crippen LogP contribution in [-0.2, 0) is 9.53 Å². The van der Waals surface area contributed by atoms with Crippen LogP contribution in [0.25, 0.3) is 0 Å². The van der Waals surface area contributed by atoms with Gasteiger partial charge in [0, 0.05) is 30.5 Å². The van der Waals surface area contributed by atoms with Gasteiger partial charge in [0.2, 0.25) is 5.91 Å². The van der Waals surface area contributed by atoms with Crippen molar-refractivity contribution in [2.75, 3.05) is 13.2 Å². The maximum absolute atomic E-state index is 13.2. The van der Waals surface area contributed by atoms with E-state index in [1.54, 1.807) is 0 Å². The van der Waals surface area contributed by atoms with Crippen LogP contribution >= 0.6 is 0 Å². The van der Waals surface area contributed by atoms with E-state index in [1.807, 2.05) is 0 Å². The fraction of sp³-hybridized carbons (Fsp3) is 0.938. The first-order chi connectivity index (χ1) is 9.44. The molecule has 0 bridgehead atoms. The highest BCUT2D eigenvalue weighted by atomic mass is 16.5. The van der Waals surface area contributed by atoms with Gasteiger partial charge in [-0.05, 0) is 26.2 Å². The van der Waals surface area contributed by atoms with Gasteiger partial charge in [-0.3, -0.25) is 4.79 Å². The van der Waals surface area contributed by atoms with E-state index in [4.69, 9.17) is 10.5 Å². The van der Waals surface area contributed by atoms with Crippen molar-refractivity contribution in [2.45, 2.75) is 70.6 Å². The second-order valence-corrected chi connectivity index (χ2v) is 7.31. The van der Waals surface area contributed by atoms with Crippen molar-refractivity contribution in [3.8, 4) is 0 Å². The minimum Gasteiger partial charge on any atom is -0.377 e. The monoisotopic (exact) mass is 280 g/mol. The average Bonchev–Trinajstić information content (AvgIpc) is 3.08. The van der Waals surface area contributed by atoms with Crippen molar-refractivity contribution in [2.24, 2.45) is 17.1 Å². The van der Waals surface area contributed by atoms with Crippen molar-refractivity contribution in [3.05, 3.63) is 0 Å². The summed E-state index contributed by atoms with van der Waals surface area (Å²) in [6.45, 7) is 7.80. The number of hydrogen-bond acceptors (Lipinski definition) is 3. The topological polar surface area (TPSA) is 55.6 Å². The van der Waals surface area contributed by atoms with Gasteiger partial charge in [0.15, 0.2) is 0 Å². The lowest BCUT2D eigenvalue weighted by Crippen LogP contribution is -2.80. The van der Waals surface area contributed by atoms with Gasteiger partial charge in [-0.2, -0.15) is 0 Å². The van der Waals surface area contributed by atoms with Crippen molar-refractivity contribution in [1.82, 2.24) is 4.90 Å². The zero-order valence-electron chi connectivity index (χ0n) is 13.0. The van der Waals surface area contributed by atoms with Crippen LogP contribution in [0.5, 0.6) is 0 Å². The molecule has 0 aromatic heterocycles. The molecule has 0 aromatic carbocycles. The molecule has 2 aliphatic carbocycles. The summed E-state index contributed by atoms with van der Waals surface area (Å²) in [7, 11) is 0. The minimum absolute atomic E-state index is 0.165. The quantitative estimate of drug-likeness (QED) is 0.859. The molecule has 1 aliphatic heterocycles. The smallest absolute Gasteiger partial charge is 0.243 e. The molecule has 20 heavy (non-hydrogen) atoms. The molecule has 0 spiro atoms. The molecule has 3 fully saturated rings. The van der Waals surface area contributed by atoms with Gasteiger partial charge in [0.05, 0.1) is 6.10 Å². The Morgan fingerprint density at radius 3 is 2.55 bits per heavy atom. The standard InChI is InChI=1S/C16H28N2O2/c1-4-18(11-7-5-6-8-11)14(19)16(17)12-9-10-20-13(12)15(16,2)3/h11-13H,4-10,17H2,1-3H3. The molecule has 3 rings (SSSR count). The number of ether oxygens (including phenoxy) is 1. The highest BCUT2D eigenvalue weighted by Crippen LogP contribution is 2.58. The summed E-state index contributed by atoms with van der Waals surface area (Å²) in [5, 5.41) is 0. The maximum atomic E-state index is 13.2. The van der Waals surface area contributed by atoms with Crippen LogP contribution in [-0.4, -0.2) is 41.6 Å². The molecule has 3 aliphatic rings. The first-order valence-corrected chi connectivity index (χ1v) is 8.16. The molecule has 0 aromatic rings. The fourth-order valence-corrected chi connectivity index (χ4v) is 4.84. The Morgan fingerprint density at radius 2 is 1.95 bits per heavy atom. The van der Waals surface area contributed by atoms with E-state index in [-0.39, 0.29) is 23.3 Å². The van der Waals surface area contributed by atoms with Crippen molar-refractivity contribution >= 4 is 5.91 Å². The highest BCUT2D eigenvalue weighted by Gasteiger charge is 2.72. The molecule has 1 heterocycles. The summed E-state index contributed by atoms with van der Waals surface area (Å²) in [5.74, 6) is 0.379. The number of carbonyl (C=O) groups is 1. The molecule has 4 heteroatoms. The summed E-state index contributed by atoms with van der Waals surface area (Å²) in [5.41, 5.74) is 5.70. The van der Waals surface area contributed by atoms with E-state index >= 15 is 0 Å². The van der Waals surface area contributed by atoms with Crippen LogP contribution in [0.15, 0.2) is 0 Å². The molecule has 0 radical (unpaired) electrons. The largest absolute Gasteiger partial charge is 0.377 e. The number of nitrogens with zero attached hydrogens (tertiary/aromatic N) is 1. The summed E-state index contributed by atoms with van der Waals surface area (Å²) in [6.07, 6.45) is 5.86. The van der Waals surface area contributed by atoms with Crippen molar-refractivity contribution < 1.29 is 9.53 Å². The van der Waals surface area contributed by atoms with Gasteiger partial charge < -0.3 is 15.4 Å². The Labute approximate surface area is 122 Å². The summed E-state index contributed by atoms with van der Waals surface area (Å²) in [6, 6.07) is 0.407. The van der Waals surface area contributed by atoms with Gasteiger partial charge in [0.25, 0.3) is 0 Å². The minimum atomic E-state index is -0.729. The molecule has 2 saturated carbocycles. The molecule has 4 nitrogen and oxygen atoms in total. The number of carbonyl (C=O) groups excluding carboxylic acids is 1. The van der Waals surface area contributed by atoms with Crippen LogP contribution in [0.3, 0.4) is 0 Å². The van der Waals surface area contributed by atoms with Gasteiger partial charge in [-0.1, -0.05) is 26.7 Å². The molecule has 3 atom stereocenters. The van der Waals surface area contributed by atoms with E-state index in [1.165, 1.54) is 12.8 Å². The zero-order chi connectivity index (χ0) is 14.5. The highest BCUT2D eigenvalue weighted by molar-refractivity contribution is 5.90. The van der Waals surface area contributed by atoms with Crippen molar-refractivity contribution in [3.63, 3.8) is 0 Å². The van der Waals surface area contributed by atoms with Gasteiger partial charge in [-0.25, -0.2) is 0 Å². The third-order valence-electron chi connectivity index (χ3n) is 6.17. The lowest BCUT2D eigenvalue weighted by atomic mass is 9.47. The first kappa shape index (κ1) is 14.3. The van der Waals surface area contributed by atoms with Gasteiger partial charge in [-0.15, -0.1) is 0 Å². The second-order valence-electron chi connectivity index (χ2n) is 7.31. The molecule has 3 unspecified atom stereocenters. The molecule has 2 N–H and O–H groups in total. The van der Waals surface area contributed by atoms with Crippen LogP contribution in [0, 0.1) is 11.3 Å². The molecular weight excluding hydrogens is 252 g/mol. The lowest BCUT2D eigenvalue weighted by Gasteiger charge is -2.62. The molecule has 114 valence electrons. The SMILES string of the molecule is CCN(C(=O)C1(N)C2CCOC2C1(C)C)C1CCCC1. The lowest BCUT2D eigenvalue weighted by molar-refractivity contribution is -0.186.